The fourth-order valence-electron chi connectivity index (χ4n) is 2.29. The molecule has 0 bridgehead atoms. The lowest BCUT2D eigenvalue weighted by atomic mass is 10.1. The monoisotopic (exact) mass is 316 g/mol. The average Bonchev–Trinajstić information content (AvgIpc) is 3.24. The van der Waals surface area contributed by atoms with E-state index in [4.69, 9.17) is 15.2 Å². The molecule has 1 aromatic carbocycles. The third-order valence-electron chi connectivity index (χ3n) is 3.28. The van der Waals surface area contributed by atoms with Crippen molar-refractivity contribution in [2.45, 2.75) is 13.5 Å². The molecule has 2 aromatic heterocycles. The SMILES string of the molecule is Cc1nnc(-n2nnc(CN)c2-c2ccc3c(c2)OCO3)s1. The highest BCUT2D eigenvalue weighted by Gasteiger charge is 2.21. The van der Waals surface area contributed by atoms with E-state index in [-0.39, 0.29) is 13.3 Å². The summed E-state index contributed by atoms with van der Waals surface area (Å²) in [6.07, 6.45) is 0. The lowest BCUT2D eigenvalue weighted by molar-refractivity contribution is 0.174. The molecule has 8 nitrogen and oxygen atoms in total. The van der Waals surface area contributed by atoms with Crippen LogP contribution in [0.2, 0.25) is 0 Å². The summed E-state index contributed by atoms with van der Waals surface area (Å²) in [5.74, 6) is 1.42. The van der Waals surface area contributed by atoms with Gasteiger partial charge in [0.1, 0.15) is 16.4 Å². The van der Waals surface area contributed by atoms with Crippen LogP contribution >= 0.6 is 11.3 Å². The van der Waals surface area contributed by atoms with Gasteiger partial charge in [0.25, 0.3) is 0 Å². The van der Waals surface area contributed by atoms with Gasteiger partial charge in [-0.05, 0) is 25.1 Å². The van der Waals surface area contributed by atoms with Crippen molar-refractivity contribution >= 4 is 11.3 Å². The van der Waals surface area contributed by atoms with Crippen molar-refractivity contribution in [1.82, 2.24) is 25.2 Å². The summed E-state index contributed by atoms with van der Waals surface area (Å²) in [4.78, 5) is 0. The maximum atomic E-state index is 5.79. The molecular formula is C13H12N6O2S. The molecule has 1 aliphatic rings. The van der Waals surface area contributed by atoms with Crippen LogP contribution in [0.15, 0.2) is 18.2 Å². The van der Waals surface area contributed by atoms with Gasteiger partial charge in [0.05, 0.1) is 0 Å². The normalized spacial score (nSPS) is 12.8. The van der Waals surface area contributed by atoms with Crippen molar-refractivity contribution in [3.05, 3.63) is 28.9 Å². The third-order valence-corrected chi connectivity index (χ3v) is 4.09. The molecule has 0 atom stereocenters. The predicted molar refractivity (Wildman–Crippen MR) is 79.0 cm³/mol. The van der Waals surface area contributed by atoms with E-state index in [1.807, 2.05) is 25.1 Å². The van der Waals surface area contributed by atoms with E-state index in [2.05, 4.69) is 20.5 Å². The van der Waals surface area contributed by atoms with Gasteiger partial charge in [-0.1, -0.05) is 16.6 Å². The van der Waals surface area contributed by atoms with Crippen LogP contribution < -0.4 is 15.2 Å². The standard InChI is InChI=1S/C13H12N6O2S/c1-7-15-17-13(22-7)19-12(9(5-14)16-18-19)8-2-3-10-11(4-8)21-6-20-10/h2-4H,5-6,14H2,1H3. The van der Waals surface area contributed by atoms with Crippen LogP contribution in [0.4, 0.5) is 0 Å². The summed E-state index contributed by atoms with van der Waals surface area (Å²) in [6.45, 7) is 2.40. The smallest absolute Gasteiger partial charge is 0.234 e. The summed E-state index contributed by atoms with van der Waals surface area (Å²) in [5, 5.41) is 18.0. The highest BCUT2D eigenvalue weighted by Crippen LogP contribution is 2.37. The number of nitrogens with two attached hydrogens (primary N) is 1. The Morgan fingerprint density at radius 2 is 2.09 bits per heavy atom. The molecule has 0 amide bonds. The van der Waals surface area contributed by atoms with Gasteiger partial charge in [-0.3, -0.25) is 0 Å². The van der Waals surface area contributed by atoms with Crippen molar-refractivity contribution < 1.29 is 9.47 Å². The Kier molecular flexibility index (Phi) is 3.01. The third kappa shape index (κ3) is 2.02. The second kappa shape index (κ2) is 5.04. The van der Waals surface area contributed by atoms with Crippen LogP contribution in [0, 0.1) is 6.92 Å². The van der Waals surface area contributed by atoms with E-state index in [0.29, 0.717) is 16.6 Å². The first-order valence-electron chi connectivity index (χ1n) is 6.61. The zero-order valence-electron chi connectivity index (χ0n) is 11.7. The van der Waals surface area contributed by atoms with Gasteiger partial charge in [-0.2, -0.15) is 4.68 Å². The topological polar surface area (TPSA) is 101 Å². The fraction of sp³-hybridized carbons (Fsp3) is 0.231. The largest absolute Gasteiger partial charge is 0.454 e. The van der Waals surface area contributed by atoms with E-state index in [1.165, 1.54) is 11.3 Å². The highest BCUT2D eigenvalue weighted by molar-refractivity contribution is 7.13. The Labute approximate surface area is 129 Å². The van der Waals surface area contributed by atoms with Gasteiger partial charge in [0.15, 0.2) is 11.5 Å². The molecule has 0 spiro atoms. The molecule has 0 saturated carbocycles. The molecule has 0 fully saturated rings. The minimum absolute atomic E-state index is 0.232. The lowest BCUT2D eigenvalue weighted by Crippen LogP contribution is -2.02. The number of aromatic nitrogens is 5. The first-order chi connectivity index (χ1) is 10.8. The number of hydrogen-bond donors (Lipinski definition) is 1. The molecule has 112 valence electrons. The summed E-state index contributed by atoms with van der Waals surface area (Å²) < 4.78 is 12.4. The minimum atomic E-state index is 0.232. The average molecular weight is 316 g/mol. The van der Waals surface area contributed by atoms with Crippen LogP contribution in [-0.4, -0.2) is 32.0 Å². The number of aryl methyl sites for hydroxylation is 1. The molecule has 0 unspecified atom stereocenters. The Balaban J connectivity index is 1.88. The van der Waals surface area contributed by atoms with Crippen molar-refractivity contribution in [2.24, 2.45) is 5.73 Å². The number of ether oxygens (including phenoxy) is 2. The molecule has 2 N–H and O–H groups in total. The highest BCUT2D eigenvalue weighted by atomic mass is 32.1. The summed E-state index contributed by atoms with van der Waals surface area (Å²) >= 11 is 1.44. The second-order valence-corrected chi connectivity index (χ2v) is 5.83. The van der Waals surface area contributed by atoms with Crippen LogP contribution in [0.1, 0.15) is 10.7 Å². The zero-order valence-corrected chi connectivity index (χ0v) is 12.5. The molecule has 9 heteroatoms. The summed E-state index contributed by atoms with van der Waals surface area (Å²) in [7, 11) is 0. The fourth-order valence-corrected chi connectivity index (χ4v) is 2.93. The van der Waals surface area contributed by atoms with Gasteiger partial charge in [0.2, 0.25) is 11.9 Å². The Bertz CT molecular complexity index is 843. The molecule has 1 aliphatic heterocycles. The van der Waals surface area contributed by atoms with Crippen molar-refractivity contribution in [2.75, 3.05) is 6.79 Å². The number of hydrogen-bond acceptors (Lipinski definition) is 8. The van der Waals surface area contributed by atoms with Crippen molar-refractivity contribution in [1.29, 1.82) is 0 Å². The van der Waals surface area contributed by atoms with Gasteiger partial charge in [-0.25, -0.2) is 0 Å². The van der Waals surface area contributed by atoms with E-state index < -0.39 is 0 Å². The number of fused-ring (bicyclic) bond motifs is 1. The Morgan fingerprint density at radius 1 is 1.23 bits per heavy atom. The molecule has 22 heavy (non-hydrogen) atoms. The van der Waals surface area contributed by atoms with E-state index in [0.717, 1.165) is 22.0 Å². The quantitative estimate of drug-likeness (QED) is 0.776. The van der Waals surface area contributed by atoms with E-state index in [1.54, 1.807) is 4.68 Å². The van der Waals surface area contributed by atoms with Crippen LogP contribution in [-0.2, 0) is 6.54 Å². The van der Waals surface area contributed by atoms with Crippen molar-refractivity contribution in [3.63, 3.8) is 0 Å². The molecule has 0 radical (unpaired) electrons. The van der Waals surface area contributed by atoms with Gasteiger partial charge in [0, 0.05) is 12.1 Å². The van der Waals surface area contributed by atoms with Crippen LogP contribution in [0.5, 0.6) is 11.5 Å². The van der Waals surface area contributed by atoms with E-state index in [9.17, 15) is 0 Å². The minimum Gasteiger partial charge on any atom is -0.454 e. The van der Waals surface area contributed by atoms with Gasteiger partial charge in [-0.15, -0.1) is 15.3 Å². The van der Waals surface area contributed by atoms with Crippen LogP contribution in [0.25, 0.3) is 16.4 Å². The lowest BCUT2D eigenvalue weighted by Gasteiger charge is -2.06. The van der Waals surface area contributed by atoms with Gasteiger partial charge >= 0.3 is 0 Å². The molecule has 0 saturated heterocycles. The molecule has 3 heterocycles. The van der Waals surface area contributed by atoms with Crippen molar-refractivity contribution in [3.8, 4) is 27.9 Å². The van der Waals surface area contributed by atoms with Crippen LogP contribution in [0.3, 0.4) is 0 Å². The number of rotatable bonds is 3. The molecule has 3 aromatic rings. The Morgan fingerprint density at radius 3 is 2.86 bits per heavy atom. The second-order valence-electron chi connectivity index (χ2n) is 4.67. The summed E-state index contributed by atoms with van der Waals surface area (Å²) in [5.41, 5.74) is 8.16. The first-order valence-corrected chi connectivity index (χ1v) is 7.43. The molecular weight excluding hydrogens is 304 g/mol. The predicted octanol–water partition coefficient (Wildman–Crippen LogP) is 1.28. The summed E-state index contributed by atoms with van der Waals surface area (Å²) in [6, 6.07) is 5.68. The zero-order chi connectivity index (χ0) is 15.1. The Hall–Kier alpha value is -2.52. The number of benzene rings is 1. The maximum Gasteiger partial charge on any atom is 0.234 e. The number of nitrogens with zero attached hydrogens (tertiary/aromatic N) is 5. The molecule has 0 aliphatic carbocycles. The van der Waals surface area contributed by atoms with Gasteiger partial charge < -0.3 is 15.2 Å². The van der Waals surface area contributed by atoms with E-state index >= 15 is 0 Å². The maximum absolute atomic E-state index is 5.79. The first kappa shape index (κ1) is 13.2. The molecule has 4 rings (SSSR count).